The molecule has 0 radical (unpaired) electrons. The molecule has 0 saturated heterocycles. The number of thiophene rings is 1. The first-order chi connectivity index (χ1) is 9.65. The third-order valence-corrected chi connectivity index (χ3v) is 4.94. The lowest BCUT2D eigenvalue weighted by Crippen LogP contribution is -2.22. The van der Waals surface area contributed by atoms with Crippen molar-refractivity contribution in [2.75, 3.05) is 5.73 Å². The van der Waals surface area contributed by atoms with E-state index in [2.05, 4.69) is 10.3 Å². The zero-order valence-electron chi connectivity index (χ0n) is 10.8. The Balaban J connectivity index is 1.80. The summed E-state index contributed by atoms with van der Waals surface area (Å²) in [6, 6.07) is 7.77. The van der Waals surface area contributed by atoms with Crippen molar-refractivity contribution in [2.24, 2.45) is 0 Å². The van der Waals surface area contributed by atoms with Crippen molar-refractivity contribution in [3.05, 3.63) is 45.2 Å². The molecule has 0 aliphatic rings. The molecule has 3 N–H and O–H groups in total. The van der Waals surface area contributed by atoms with Crippen LogP contribution >= 0.6 is 22.7 Å². The maximum atomic E-state index is 12.2. The van der Waals surface area contributed by atoms with Gasteiger partial charge >= 0.3 is 0 Å². The zero-order chi connectivity index (χ0) is 14.1. The quantitative estimate of drug-likeness (QED) is 0.781. The predicted molar refractivity (Wildman–Crippen MR) is 84.3 cm³/mol. The Morgan fingerprint density at radius 2 is 2.20 bits per heavy atom. The SMILES string of the molecule is Cc1nc(CNC(=O)c2sc3ccccc3c2N)cs1. The highest BCUT2D eigenvalue weighted by Crippen LogP contribution is 2.33. The number of aryl methyl sites for hydroxylation is 1. The van der Waals surface area contributed by atoms with Gasteiger partial charge in [0.25, 0.3) is 5.91 Å². The highest BCUT2D eigenvalue weighted by atomic mass is 32.1. The van der Waals surface area contributed by atoms with Crippen LogP contribution in [0, 0.1) is 6.92 Å². The summed E-state index contributed by atoms with van der Waals surface area (Å²) in [6.45, 7) is 2.37. The van der Waals surface area contributed by atoms with Gasteiger partial charge in [-0.3, -0.25) is 4.79 Å². The van der Waals surface area contributed by atoms with E-state index in [1.165, 1.54) is 11.3 Å². The molecule has 20 heavy (non-hydrogen) atoms. The molecule has 6 heteroatoms. The Bertz CT molecular complexity index is 776. The molecule has 0 aliphatic heterocycles. The molecule has 2 heterocycles. The maximum Gasteiger partial charge on any atom is 0.263 e. The van der Waals surface area contributed by atoms with E-state index in [-0.39, 0.29) is 5.91 Å². The summed E-state index contributed by atoms with van der Waals surface area (Å²) in [6.07, 6.45) is 0. The van der Waals surface area contributed by atoms with Gasteiger partial charge in [0.05, 0.1) is 22.9 Å². The molecule has 0 aliphatic carbocycles. The largest absolute Gasteiger partial charge is 0.397 e. The van der Waals surface area contributed by atoms with Gasteiger partial charge in [-0.2, -0.15) is 0 Å². The van der Waals surface area contributed by atoms with Gasteiger partial charge < -0.3 is 11.1 Å². The number of hydrogen-bond donors (Lipinski definition) is 2. The van der Waals surface area contributed by atoms with E-state index >= 15 is 0 Å². The van der Waals surface area contributed by atoms with E-state index in [1.807, 2.05) is 36.6 Å². The fraction of sp³-hybridized carbons (Fsp3) is 0.143. The lowest BCUT2D eigenvalue weighted by Gasteiger charge is -2.02. The number of benzene rings is 1. The smallest absolute Gasteiger partial charge is 0.263 e. The number of nitrogens with one attached hydrogen (secondary N) is 1. The lowest BCUT2D eigenvalue weighted by atomic mass is 10.2. The Morgan fingerprint density at radius 1 is 1.40 bits per heavy atom. The van der Waals surface area contributed by atoms with E-state index in [1.54, 1.807) is 11.3 Å². The zero-order valence-corrected chi connectivity index (χ0v) is 12.5. The van der Waals surface area contributed by atoms with Gasteiger partial charge in [-0.1, -0.05) is 18.2 Å². The van der Waals surface area contributed by atoms with E-state index in [0.717, 1.165) is 20.8 Å². The fourth-order valence-electron chi connectivity index (χ4n) is 1.97. The van der Waals surface area contributed by atoms with Crippen LogP contribution in [0.2, 0.25) is 0 Å². The van der Waals surface area contributed by atoms with Crippen LogP contribution in [0.3, 0.4) is 0 Å². The Kier molecular flexibility index (Phi) is 3.42. The van der Waals surface area contributed by atoms with Crippen molar-refractivity contribution in [3.63, 3.8) is 0 Å². The van der Waals surface area contributed by atoms with Crippen LogP contribution in [-0.4, -0.2) is 10.9 Å². The third-order valence-electron chi connectivity index (χ3n) is 2.94. The summed E-state index contributed by atoms with van der Waals surface area (Å²) in [5, 5.41) is 6.75. The minimum absolute atomic E-state index is 0.144. The topological polar surface area (TPSA) is 68.0 Å². The van der Waals surface area contributed by atoms with E-state index < -0.39 is 0 Å². The van der Waals surface area contributed by atoms with Crippen LogP contribution in [0.25, 0.3) is 10.1 Å². The first-order valence-electron chi connectivity index (χ1n) is 6.11. The number of carbonyl (C=O) groups is 1. The number of fused-ring (bicyclic) bond motifs is 1. The van der Waals surface area contributed by atoms with Crippen LogP contribution in [0.5, 0.6) is 0 Å². The van der Waals surface area contributed by atoms with Crippen LogP contribution in [0.1, 0.15) is 20.4 Å². The number of nitrogens with zero attached hydrogens (tertiary/aromatic N) is 1. The van der Waals surface area contributed by atoms with Gasteiger partial charge in [0.2, 0.25) is 0 Å². The number of carbonyl (C=O) groups excluding carboxylic acids is 1. The summed E-state index contributed by atoms with van der Waals surface area (Å²) < 4.78 is 1.03. The maximum absolute atomic E-state index is 12.2. The number of rotatable bonds is 3. The number of nitrogens with two attached hydrogens (primary N) is 1. The molecule has 3 rings (SSSR count). The van der Waals surface area contributed by atoms with Crippen LogP contribution < -0.4 is 11.1 Å². The van der Waals surface area contributed by atoms with Gasteiger partial charge in [0.15, 0.2) is 0 Å². The van der Waals surface area contributed by atoms with E-state index in [4.69, 9.17) is 5.73 Å². The number of thiazole rings is 1. The Morgan fingerprint density at radius 3 is 2.90 bits per heavy atom. The molecule has 0 unspecified atom stereocenters. The van der Waals surface area contributed by atoms with Crippen LogP contribution in [0.4, 0.5) is 5.69 Å². The van der Waals surface area contributed by atoms with Gasteiger partial charge in [-0.05, 0) is 13.0 Å². The summed E-state index contributed by atoms with van der Waals surface area (Å²) in [4.78, 5) is 17.1. The average Bonchev–Trinajstić information content (AvgIpc) is 3.01. The highest BCUT2D eigenvalue weighted by molar-refractivity contribution is 7.21. The predicted octanol–water partition coefficient (Wildman–Crippen LogP) is 3.18. The van der Waals surface area contributed by atoms with Gasteiger partial charge in [-0.25, -0.2) is 4.98 Å². The second-order valence-electron chi connectivity index (χ2n) is 4.38. The summed E-state index contributed by atoms with van der Waals surface area (Å²) in [5.74, 6) is -0.144. The molecule has 4 nitrogen and oxygen atoms in total. The van der Waals surface area contributed by atoms with Gasteiger partial charge in [-0.15, -0.1) is 22.7 Å². The fourth-order valence-corrected chi connectivity index (χ4v) is 3.63. The standard InChI is InChI=1S/C14H13N3OS2/c1-8-17-9(7-19-8)6-16-14(18)13-12(15)10-4-2-3-5-11(10)20-13/h2-5,7H,6,15H2,1H3,(H,16,18). The number of nitrogen functional groups attached to an aromatic ring is 1. The molecule has 0 saturated carbocycles. The van der Waals surface area contributed by atoms with E-state index in [9.17, 15) is 4.79 Å². The molecular weight excluding hydrogens is 290 g/mol. The molecule has 2 aromatic heterocycles. The molecule has 1 aromatic carbocycles. The van der Waals surface area contributed by atoms with Crippen molar-refractivity contribution in [1.82, 2.24) is 10.3 Å². The number of hydrogen-bond acceptors (Lipinski definition) is 5. The minimum atomic E-state index is -0.144. The van der Waals surface area contributed by atoms with Crippen molar-refractivity contribution < 1.29 is 4.79 Å². The average molecular weight is 303 g/mol. The van der Waals surface area contributed by atoms with Gasteiger partial charge in [0, 0.05) is 15.5 Å². The second kappa shape index (κ2) is 5.22. The summed E-state index contributed by atoms with van der Waals surface area (Å²) in [5.41, 5.74) is 7.48. The summed E-state index contributed by atoms with van der Waals surface area (Å²) in [7, 11) is 0. The van der Waals surface area contributed by atoms with Gasteiger partial charge in [0.1, 0.15) is 4.88 Å². The molecule has 0 bridgehead atoms. The molecule has 0 atom stereocenters. The minimum Gasteiger partial charge on any atom is -0.397 e. The number of amides is 1. The van der Waals surface area contributed by atoms with Crippen molar-refractivity contribution in [3.8, 4) is 0 Å². The number of anilines is 1. The Hall–Kier alpha value is -1.92. The Labute approximate surface area is 124 Å². The van der Waals surface area contributed by atoms with E-state index in [0.29, 0.717) is 17.1 Å². The molecule has 0 spiro atoms. The van der Waals surface area contributed by atoms with Crippen molar-refractivity contribution in [1.29, 1.82) is 0 Å². The second-order valence-corrected chi connectivity index (χ2v) is 6.50. The first-order valence-corrected chi connectivity index (χ1v) is 7.81. The summed E-state index contributed by atoms with van der Waals surface area (Å²) >= 11 is 2.99. The molecule has 102 valence electrons. The van der Waals surface area contributed by atoms with Crippen molar-refractivity contribution in [2.45, 2.75) is 13.5 Å². The first kappa shape index (κ1) is 13.1. The molecule has 3 aromatic rings. The third kappa shape index (κ3) is 2.39. The molecule has 1 amide bonds. The van der Waals surface area contributed by atoms with Crippen LogP contribution in [0.15, 0.2) is 29.6 Å². The molecule has 0 fully saturated rings. The normalized spacial score (nSPS) is 10.8. The van der Waals surface area contributed by atoms with Crippen LogP contribution in [-0.2, 0) is 6.54 Å². The van der Waals surface area contributed by atoms with Crippen molar-refractivity contribution >= 4 is 44.4 Å². The highest BCUT2D eigenvalue weighted by Gasteiger charge is 2.15. The molecular formula is C14H13N3OS2. The lowest BCUT2D eigenvalue weighted by molar-refractivity contribution is 0.0955. The monoisotopic (exact) mass is 303 g/mol. The number of aromatic nitrogens is 1.